The molecule has 0 bridgehead atoms. The lowest BCUT2D eigenvalue weighted by Crippen LogP contribution is -2.24. The van der Waals surface area contributed by atoms with E-state index in [0.717, 1.165) is 25.2 Å². The summed E-state index contributed by atoms with van der Waals surface area (Å²) in [6.45, 7) is 0.944. The van der Waals surface area contributed by atoms with Crippen molar-refractivity contribution in [2.75, 3.05) is 20.3 Å². The molecule has 0 unspecified atom stereocenters. The van der Waals surface area contributed by atoms with Gasteiger partial charge in [0, 0.05) is 13.7 Å². The molecule has 0 saturated carbocycles. The zero-order valence-corrected chi connectivity index (χ0v) is 11.4. The maximum Gasteiger partial charge on any atom is 0.257 e. The van der Waals surface area contributed by atoms with E-state index < -0.39 is 0 Å². The summed E-state index contributed by atoms with van der Waals surface area (Å²) in [6, 6.07) is 7.89. The van der Waals surface area contributed by atoms with Crippen molar-refractivity contribution in [3.8, 4) is 5.75 Å². The van der Waals surface area contributed by atoms with Crippen LogP contribution in [0.4, 0.5) is 0 Å². The van der Waals surface area contributed by atoms with Crippen LogP contribution in [0.2, 0.25) is 0 Å². The van der Waals surface area contributed by atoms with Crippen molar-refractivity contribution in [3.63, 3.8) is 0 Å². The van der Waals surface area contributed by atoms with Gasteiger partial charge in [-0.2, -0.15) is 0 Å². The maximum absolute atomic E-state index is 11.1. The Bertz CT molecular complexity index is 396. The Hall–Kier alpha value is -1.55. The van der Waals surface area contributed by atoms with Gasteiger partial charge in [-0.05, 0) is 43.4 Å². The van der Waals surface area contributed by atoms with E-state index in [2.05, 4.69) is 5.32 Å². The number of hydrogen-bond donors (Lipinski definition) is 1. The van der Waals surface area contributed by atoms with E-state index in [1.54, 1.807) is 7.05 Å². The summed E-state index contributed by atoms with van der Waals surface area (Å²) in [4.78, 5) is 11.1. The van der Waals surface area contributed by atoms with Gasteiger partial charge in [-0.15, -0.1) is 0 Å². The molecule has 104 valence electrons. The van der Waals surface area contributed by atoms with Gasteiger partial charge in [-0.25, -0.2) is 0 Å². The minimum Gasteiger partial charge on any atom is -0.484 e. The lowest BCUT2D eigenvalue weighted by Gasteiger charge is -2.22. The molecule has 0 spiro atoms. The van der Waals surface area contributed by atoms with Crippen LogP contribution in [0.25, 0.3) is 0 Å². The summed E-state index contributed by atoms with van der Waals surface area (Å²) < 4.78 is 11.1. The fourth-order valence-electron chi connectivity index (χ4n) is 2.17. The molecular weight excluding hydrogens is 242 g/mol. The van der Waals surface area contributed by atoms with Gasteiger partial charge in [-0.1, -0.05) is 12.1 Å². The van der Waals surface area contributed by atoms with Gasteiger partial charge in [0.1, 0.15) is 5.75 Å². The minimum atomic E-state index is -0.125. The molecule has 1 heterocycles. The lowest BCUT2D eigenvalue weighted by molar-refractivity contribution is -0.122. The predicted octanol–water partition coefficient (Wildman–Crippen LogP) is 1.92. The number of rotatable bonds is 5. The molecule has 1 amide bonds. The Balaban J connectivity index is 1.82. The zero-order valence-electron chi connectivity index (χ0n) is 11.4. The summed E-state index contributed by atoms with van der Waals surface area (Å²) in [7, 11) is 1.60. The Kier molecular flexibility index (Phi) is 5.21. The highest BCUT2D eigenvalue weighted by atomic mass is 16.5. The topological polar surface area (TPSA) is 47.6 Å². The van der Waals surface area contributed by atoms with Crippen LogP contribution in [-0.2, 0) is 16.0 Å². The second kappa shape index (κ2) is 7.14. The summed E-state index contributed by atoms with van der Waals surface area (Å²) in [5.41, 5.74) is 1.25. The number of carbonyl (C=O) groups excluding carboxylic acids is 1. The number of nitrogens with one attached hydrogen (secondary N) is 1. The molecule has 1 aliphatic heterocycles. The Morgan fingerprint density at radius 3 is 2.79 bits per heavy atom. The van der Waals surface area contributed by atoms with Gasteiger partial charge in [0.2, 0.25) is 0 Å². The molecule has 1 aromatic rings. The zero-order chi connectivity index (χ0) is 13.5. The molecule has 1 atom stereocenters. The van der Waals surface area contributed by atoms with Crippen LogP contribution >= 0.6 is 0 Å². The molecule has 0 aromatic heterocycles. The third-order valence-electron chi connectivity index (χ3n) is 3.31. The highest BCUT2D eigenvalue weighted by Gasteiger charge is 2.14. The molecular formula is C15H21NO3. The lowest BCUT2D eigenvalue weighted by atomic mass is 10.0. The molecule has 1 fully saturated rings. The normalized spacial score (nSPS) is 18.9. The first-order valence-electron chi connectivity index (χ1n) is 6.82. The van der Waals surface area contributed by atoms with E-state index in [-0.39, 0.29) is 12.5 Å². The van der Waals surface area contributed by atoms with Crippen LogP contribution < -0.4 is 10.1 Å². The summed E-state index contributed by atoms with van der Waals surface area (Å²) >= 11 is 0. The summed E-state index contributed by atoms with van der Waals surface area (Å²) in [5, 5.41) is 2.52. The Labute approximate surface area is 114 Å². The van der Waals surface area contributed by atoms with Gasteiger partial charge in [0.05, 0.1) is 6.10 Å². The van der Waals surface area contributed by atoms with Crippen molar-refractivity contribution in [3.05, 3.63) is 29.8 Å². The van der Waals surface area contributed by atoms with E-state index in [1.807, 2.05) is 24.3 Å². The third kappa shape index (κ3) is 4.56. The molecule has 4 nitrogen and oxygen atoms in total. The average molecular weight is 263 g/mol. The van der Waals surface area contributed by atoms with Gasteiger partial charge >= 0.3 is 0 Å². The second-order valence-electron chi connectivity index (χ2n) is 4.80. The van der Waals surface area contributed by atoms with Crippen LogP contribution in [-0.4, -0.2) is 32.3 Å². The predicted molar refractivity (Wildman–Crippen MR) is 73.3 cm³/mol. The van der Waals surface area contributed by atoms with Crippen molar-refractivity contribution in [2.24, 2.45) is 0 Å². The van der Waals surface area contributed by atoms with Crippen molar-refractivity contribution in [1.29, 1.82) is 0 Å². The molecule has 0 radical (unpaired) electrons. The third-order valence-corrected chi connectivity index (χ3v) is 3.31. The molecule has 1 aliphatic rings. The van der Waals surface area contributed by atoms with Gasteiger partial charge in [0.25, 0.3) is 5.91 Å². The van der Waals surface area contributed by atoms with Crippen LogP contribution in [0, 0.1) is 0 Å². The van der Waals surface area contributed by atoms with E-state index >= 15 is 0 Å². The maximum atomic E-state index is 11.1. The Morgan fingerprint density at radius 1 is 1.37 bits per heavy atom. The van der Waals surface area contributed by atoms with Crippen LogP contribution in [0.5, 0.6) is 5.75 Å². The van der Waals surface area contributed by atoms with Crippen LogP contribution in [0.3, 0.4) is 0 Å². The SMILES string of the molecule is CNC(=O)COc1ccc(C[C@H]2CCCCO2)cc1. The van der Waals surface area contributed by atoms with Crippen molar-refractivity contribution >= 4 is 5.91 Å². The van der Waals surface area contributed by atoms with E-state index in [1.165, 1.54) is 18.4 Å². The van der Waals surface area contributed by atoms with Gasteiger partial charge in [0.15, 0.2) is 6.61 Å². The quantitative estimate of drug-likeness (QED) is 0.883. The highest BCUT2D eigenvalue weighted by molar-refractivity contribution is 5.77. The first-order chi connectivity index (χ1) is 9.28. The second-order valence-corrected chi connectivity index (χ2v) is 4.80. The summed E-state index contributed by atoms with van der Waals surface area (Å²) in [5.74, 6) is 0.594. The van der Waals surface area contributed by atoms with Crippen molar-refractivity contribution in [2.45, 2.75) is 31.8 Å². The largest absolute Gasteiger partial charge is 0.484 e. The summed E-state index contributed by atoms with van der Waals surface area (Å²) in [6.07, 6.45) is 4.90. The standard InChI is InChI=1S/C15H21NO3/c1-16-15(17)11-19-13-7-5-12(6-8-13)10-14-4-2-3-9-18-14/h5-8,14H,2-4,9-11H2,1H3,(H,16,17)/t14-/m1/s1. The van der Waals surface area contributed by atoms with Gasteiger partial charge in [-0.3, -0.25) is 4.79 Å². The molecule has 1 aromatic carbocycles. The first-order valence-corrected chi connectivity index (χ1v) is 6.82. The van der Waals surface area contributed by atoms with Crippen molar-refractivity contribution < 1.29 is 14.3 Å². The number of hydrogen-bond acceptors (Lipinski definition) is 3. The van der Waals surface area contributed by atoms with E-state index in [4.69, 9.17) is 9.47 Å². The molecule has 2 rings (SSSR count). The number of benzene rings is 1. The van der Waals surface area contributed by atoms with Gasteiger partial charge < -0.3 is 14.8 Å². The fraction of sp³-hybridized carbons (Fsp3) is 0.533. The number of likely N-dealkylation sites (N-methyl/N-ethyl adjacent to an activating group) is 1. The highest BCUT2D eigenvalue weighted by Crippen LogP contribution is 2.19. The number of carbonyl (C=O) groups is 1. The molecule has 4 heteroatoms. The first kappa shape index (κ1) is 13.9. The average Bonchev–Trinajstić information content (AvgIpc) is 2.47. The van der Waals surface area contributed by atoms with Crippen molar-refractivity contribution in [1.82, 2.24) is 5.32 Å². The monoisotopic (exact) mass is 263 g/mol. The molecule has 1 saturated heterocycles. The van der Waals surface area contributed by atoms with E-state index in [9.17, 15) is 4.79 Å². The van der Waals surface area contributed by atoms with E-state index in [0.29, 0.717) is 6.10 Å². The van der Waals surface area contributed by atoms with Crippen LogP contribution in [0.1, 0.15) is 24.8 Å². The Morgan fingerprint density at radius 2 is 2.16 bits per heavy atom. The molecule has 0 aliphatic carbocycles. The minimum absolute atomic E-state index is 0.0571. The molecule has 19 heavy (non-hydrogen) atoms. The smallest absolute Gasteiger partial charge is 0.257 e. The molecule has 1 N–H and O–H groups in total. The van der Waals surface area contributed by atoms with Crippen LogP contribution in [0.15, 0.2) is 24.3 Å². The number of ether oxygens (including phenoxy) is 2. The number of amides is 1. The fourth-order valence-corrected chi connectivity index (χ4v) is 2.17.